The van der Waals surface area contributed by atoms with Crippen molar-refractivity contribution in [3.05, 3.63) is 16.4 Å². The van der Waals surface area contributed by atoms with Crippen LogP contribution in [0.2, 0.25) is 0 Å². The molecule has 1 saturated heterocycles. The highest BCUT2D eigenvalue weighted by Gasteiger charge is 2.22. The second-order valence-electron chi connectivity index (χ2n) is 4.13. The van der Waals surface area contributed by atoms with E-state index in [4.69, 9.17) is 0 Å². The Morgan fingerprint density at radius 2 is 1.64 bits per heavy atom. The van der Waals surface area contributed by atoms with Crippen LogP contribution in [0.4, 0.5) is 5.82 Å². The summed E-state index contributed by atoms with van der Waals surface area (Å²) >= 11 is 0. The molecule has 76 valence electrons. The first kappa shape index (κ1) is 8.15. The van der Waals surface area contributed by atoms with E-state index in [-0.39, 0.29) is 5.56 Å². The van der Waals surface area contributed by atoms with E-state index in [1.807, 2.05) is 4.68 Å². The Bertz CT molecular complexity index is 398. The van der Waals surface area contributed by atoms with Crippen LogP contribution in [-0.2, 0) is 13.1 Å². The second kappa shape index (κ2) is 2.90. The molecule has 4 heteroatoms. The number of hydrogen-bond acceptors (Lipinski definition) is 2. The largest absolute Gasteiger partial charge is 0.357 e. The first-order chi connectivity index (χ1) is 6.86. The number of anilines is 1. The second-order valence-corrected chi connectivity index (χ2v) is 4.13. The van der Waals surface area contributed by atoms with Gasteiger partial charge in [0.05, 0.1) is 0 Å². The maximum Gasteiger partial charge on any atom is 0.268 e. The van der Waals surface area contributed by atoms with Crippen LogP contribution in [0.25, 0.3) is 0 Å². The van der Waals surface area contributed by atoms with Gasteiger partial charge in [-0.2, -0.15) is 0 Å². The van der Waals surface area contributed by atoms with E-state index < -0.39 is 0 Å². The highest BCUT2D eigenvalue weighted by atomic mass is 16.1. The predicted octanol–water partition coefficient (Wildman–Crippen LogP) is 0.654. The molecule has 0 atom stereocenters. The van der Waals surface area contributed by atoms with Gasteiger partial charge in [-0.05, 0) is 19.3 Å². The van der Waals surface area contributed by atoms with Crippen molar-refractivity contribution < 1.29 is 0 Å². The quantitative estimate of drug-likeness (QED) is 0.655. The molecule has 4 nitrogen and oxygen atoms in total. The minimum atomic E-state index is 0.171. The monoisotopic (exact) mass is 193 g/mol. The van der Waals surface area contributed by atoms with E-state index in [0.29, 0.717) is 0 Å². The normalized spacial score (nSPS) is 20.4. The van der Waals surface area contributed by atoms with E-state index in [1.165, 1.54) is 12.8 Å². The van der Waals surface area contributed by atoms with Gasteiger partial charge in [-0.1, -0.05) is 0 Å². The van der Waals surface area contributed by atoms with Crippen LogP contribution in [0.15, 0.2) is 10.9 Å². The molecule has 14 heavy (non-hydrogen) atoms. The van der Waals surface area contributed by atoms with E-state index >= 15 is 0 Å². The third kappa shape index (κ3) is 1.03. The lowest BCUT2D eigenvalue weighted by molar-refractivity contribution is 0.589. The molecule has 0 aliphatic carbocycles. The van der Waals surface area contributed by atoms with Gasteiger partial charge in [-0.3, -0.25) is 9.48 Å². The summed E-state index contributed by atoms with van der Waals surface area (Å²) in [6.07, 6.45) is 3.63. The average molecular weight is 193 g/mol. The Morgan fingerprint density at radius 1 is 0.929 bits per heavy atom. The molecule has 2 aliphatic heterocycles. The van der Waals surface area contributed by atoms with E-state index in [0.717, 1.165) is 38.4 Å². The first-order valence-corrected chi connectivity index (χ1v) is 5.42. The first-order valence-electron chi connectivity index (χ1n) is 5.42. The topological polar surface area (TPSA) is 30.2 Å². The van der Waals surface area contributed by atoms with Gasteiger partial charge >= 0.3 is 0 Å². The highest BCUT2D eigenvalue weighted by Crippen LogP contribution is 2.21. The minimum absolute atomic E-state index is 0.171. The summed E-state index contributed by atoms with van der Waals surface area (Å²) < 4.78 is 4.02. The Kier molecular flexibility index (Phi) is 1.69. The third-order valence-electron chi connectivity index (χ3n) is 3.23. The fourth-order valence-corrected chi connectivity index (χ4v) is 2.54. The zero-order valence-electron chi connectivity index (χ0n) is 8.28. The lowest BCUT2D eigenvalue weighted by atomic mass is 10.4. The van der Waals surface area contributed by atoms with Crippen molar-refractivity contribution in [2.45, 2.75) is 32.4 Å². The molecule has 0 bridgehead atoms. The molecule has 3 heterocycles. The van der Waals surface area contributed by atoms with Crippen LogP contribution in [0.3, 0.4) is 0 Å². The Labute approximate surface area is 82.7 Å². The number of rotatable bonds is 1. The van der Waals surface area contributed by atoms with Crippen molar-refractivity contribution in [3.8, 4) is 0 Å². The zero-order chi connectivity index (χ0) is 9.54. The summed E-state index contributed by atoms with van der Waals surface area (Å²) in [4.78, 5) is 13.9. The summed E-state index contributed by atoms with van der Waals surface area (Å²) in [6.45, 7) is 4.13. The molecule has 1 fully saturated rings. The van der Waals surface area contributed by atoms with Crippen LogP contribution in [0.5, 0.6) is 0 Å². The molecule has 0 unspecified atom stereocenters. The standard InChI is InChI=1S/C10H15N3O/c14-10-8-9(11-4-1-2-5-11)12-6-3-7-13(10)12/h8H,1-7H2. The summed E-state index contributed by atoms with van der Waals surface area (Å²) in [5.41, 5.74) is 0.171. The molecular weight excluding hydrogens is 178 g/mol. The summed E-state index contributed by atoms with van der Waals surface area (Å²) in [5, 5.41) is 0. The Morgan fingerprint density at radius 3 is 2.43 bits per heavy atom. The van der Waals surface area contributed by atoms with Crippen LogP contribution < -0.4 is 10.5 Å². The van der Waals surface area contributed by atoms with Crippen LogP contribution >= 0.6 is 0 Å². The maximum absolute atomic E-state index is 11.6. The van der Waals surface area contributed by atoms with Gasteiger partial charge in [0.2, 0.25) is 0 Å². The van der Waals surface area contributed by atoms with Crippen molar-refractivity contribution in [3.63, 3.8) is 0 Å². The molecule has 0 aromatic carbocycles. The SMILES string of the molecule is O=c1cc(N2CCCC2)n2n1CCC2. The van der Waals surface area contributed by atoms with Gasteiger partial charge in [-0.15, -0.1) is 0 Å². The van der Waals surface area contributed by atoms with E-state index in [1.54, 1.807) is 6.07 Å². The Balaban J connectivity index is 2.05. The summed E-state index contributed by atoms with van der Waals surface area (Å²) in [6, 6.07) is 1.80. The average Bonchev–Trinajstić information content (AvgIpc) is 2.84. The number of fused-ring (bicyclic) bond motifs is 1. The van der Waals surface area contributed by atoms with Crippen LogP contribution in [-0.4, -0.2) is 22.5 Å². The van der Waals surface area contributed by atoms with Crippen molar-refractivity contribution >= 4 is 5.82 Å². The van der Waals surface area contributed by atoms with Crippen LogP contribution in [0.1, 0.15) is 19.3 Å². The van der Waals surface area contributed by atoms with Gasteiger partial charge in [0.25, 0.3) is 5.56 Å². The maximum atomic E-state index is 11.6. The molecule has 0 radical (unpaired) electrons. The van der Waals surface area contributed by atoms with Gasteiger partial charge in [-0.25, -0.2) is 4.68 Å². The van der Waals surface area contributed by atoms with Gasteiger partial charge < -0.3 is 4.90 Å². The fourth-order valence-electron chi connectivity index (χ4n) is 2.54. The van der Waals surface area contributed by atoms with Crippen molar-refractivity contribution in [1.29, 1.82) is 0 Å². The fraction of sp³-hybridized carbons (Fsp3) is 0.700. The molecule has 1 aromatic rings. The van der Waals surface area contributed by atoms with Gasteiger partial charge in [0.15, 0.2) is 0 Å². The smallest absolute Gasteiger partial charge is 0.268 e. The molecule has 2 aliphatic rings. The molecule has 1 aromatic heterocycles. The minimum Gasteiger partial charge on any atom is -0.357 e. The third-order valence-corrected chi connectivity index (χ3v) is 3.23. The lowest BCUT2D eigenvalue weighted by Gasteiger charge is -2.18. The highest BCUT2D eigenvalue weighted by molar-refractivity contribution is 5.40. The molecule has 0 saturated carbocycles. The van der Waals surface area contributed by atoms with E-state index in [2.05, 4.69) is 9.58 Å². The molecule has 3 rings (SSSR count). The number of aromatic nitrogens is 2. The van der Waals surface area contributed by atoms with Gasteiger partial charge in [0, 0.05) is 32.2 Å². The molecule has 0 amide bonds. The summed E-state index contributed by atoms with van der Waals surface area (Å²) in [7, 11) is 0. The molecule has 0 spiro atoms. The van der Waals surface area contributed by atoms with Crippen LogP contribution in [0, 0.1) is 0 Å². The van der Waals surface area contributed by atoms with E-state index in [9.17, 15) is 4.79 Å². The van der Waals surface area contributed by atoms with Gasteiger partial charge in [0.1, 0.15) is 5.82 Å². The predicted molar refractivity (Wildman–Crippen MR) is 54.8 cm³/mol. The van der Waals surface area contributed by atoms with Crippen molar-refractivity contribution in [1.82, 2.24) is 9.36 Å². The lowest BCUT2D eigenvalue weighted by Crippen LogP contribution is -2.22. The summed E-state index contributed by atoms with van der Waals surface area (Å²) in [5.74, 6) is 1.14. The number of hydrogen-bond donors (Lipinski definition) is 0. The molecule has 0 N–H and O–H groups in total. The number of nitrogens with zero attached hydrogens (tertiary/aromatic N) is 3. The van der Waals surface area contributed by atoms with Crippen molar-refractivity contribution in [2.75, 3.05) is 18.0 Å². The van der Waals surface area contributed by atoms with Crippen molar-refractivity contribution in [2.24, 2.45) is 0 Å². The Hall–Kier alpha value is -1.19. The molecular formula is C10H15N3O. The zero-order valence-corrected chi connectivity index (χ0v) is 8.28.